The minimum atomic E-state index is -1.14. The summed E-state index contributed by atoms with van der Waals surface area (Å²) in [5.74, 6) is -0.0457. The van der Waals surface area contributed by atoms with Crippen LogP contribution < -0.4 is 10.1 Å². The van der Waals surface area contributed by atoms with Crippen molar-refractivity contribution in [3.63, 3.8) is 0 Å². The van der Waals surface area contributed by atoms with Gasteiger partial charge in [-0.3, -0.25) is 9.59 Å². The molecule has 3 N–H and O–H groups in total. The lowest BCUT2D eigenvalue weighted by Gasteiger charge is -2.17. The molecule has 0 bridgehead atoms. The Labute approximate surface area is 162 Å². The van der Waals surface area contributed by atoms with E-state index in [0.29, 0.717) is 5.69 Å². The predicted octanol–water partition coefficient (Wildman–Crippen LogP) is 4.48. The number of amides is 1. The third-order valence-corrected chi connectivity index (χ3v) is 5.20. The number of carbonyl (C=O) groups excluding carboxylic acids is 1. The number of aromatic nitrogens is 1. The Kier molecular flexibility index (Phi) is 4.55. The molecule has 6 nitrogen and oxygen atoms in total. The highest BCUT2D eigenvalue weighted by Crippen LogP contribution is 2.41. The maximum Gasteiger partial charge on any atom is 0.312 e. The number of ether oxygens (including phenoxy) is 1. The molecule has 0 radical (unpaired) electrons. The smallest absolute Gasteiger partial charge is 0.312 e. The van der Waals surface area contributed by atoms with Crippen molar-refractivity contribution in [1.82, 2.24) is 4.98 Å². The summed E-state index contributed by atoms with van der Waals surface area (Å²) >= 11 is 0. The summed E-state index contributed by atoms with van der Waals surface area (Å²) in [5.41, 5.74) is 5.98. The first-order chi connectivity index (χ1) is 13.4. The third-order valence-electron chi connectivity index (χ3n) is 5.20. The molecule has 4 rings (SSSR count). The van der Waals surface area contributed by atoms with Crippen molar-refractivity contribution in [2.45, 2.75) is 39.5 Å². The lowest BCUT2D eigenvalue weighted by Crippen LogP contribution is -2.17. The van der Waals surface area contributed by atoms with Gasteiger partial charge in [0.25, 0.3) is 0 Å². The number of carbonyl (C=O) groups is 2. The van der Waals surface area contributed by atoms with Crippen LogP contribution in [0.1, 0.15) is 35.1 Å². The molecule has 0 aliphatic heterocycles. The van der Waals surface area contributed by atoms with Gasteiger partial charge in [0.1, 0.15) is 17.9 Å². The quantitative estimate of drug-likeness (QED) is 0.571. The van der Waals surface area contributed by atoms with Crippen molar-refractivity contribution in [2.24, 2.45) is 0 Å². The summed E-state index contributed by atoms with van der Waals surface area (Å²) in [7, 11) is 0. The zero-order valence-corrected chi connectivity index (χ0v) is 15.9. The second-order valence-electron chi connectivity index (χ2n) is 7.28. The molecule has 1 aliphatic rings. The van der Waals surface area contributed by atoms with Crippen LogP contribution in [-0.2, 0) is 22.4 Å². The molecule has 1 heterocycles. The Morgan fingerprint density at radius 1 is 1.14 bits per heavy atom. The Bertz CT molecular complexity index is 1100. The number of nitrogens with one attached hydrogen (secondary N) is 2. The maximum atomic E-state index is 11.9. The van der Waals surface area contributed by atoms with Crippen molar-refractivity contribution in [3.05, 3.63) is 52.7 Å². The highest BCUT2D eigenvalue weighted by molar-refractivity contribution is 6.02. The summed E-state index contributed by atoms with van der Waals surface area (Å²) in [6, 6.07) is 7.86. The molecule has 6 heteroatoms. The fourth-order valence-corrected chi connectivity index (χ4v) is 3.90. The van der Waals surface area contributed by atoms with E-state index in [-0.39, 0.29) is 0 Å². The van der Waals surface area contributed by atoms with E-state index in [4.69, 9.17) is 9.84 Å². The van der Waals surface area contributed by atoms with Gasteiger partial charge >= 0.3 is 5.97 Å². The van der Waals surface area contributed by atoms with Gasteiger partial charge in [-0.15, -0.1) is 0 Å². The average Bonchev–Trinajstić information content (AvgIpc) is 3.25. The Balaban J connectivity index is 1.67. The largest absolute Gasteiger partial charge is 0.481 e. The van der Waals surface area contributed by atoms with Crippen molar-refractivity contribution in [2.75, 3.05) is 5.32 Å². The minimum absolute atomic E-state index is 0.511. The van der Waals surface area contributed by atoms with Gasteiger partial charge in [-0.05, 0) is 74.1 Å². The van der Waals surface area contributed by atoms with Gasteiger partial charge in [0.05, 0.1) is 0 Å². The Morgan fingerprint density at radius 2 is 1.93 bits per heavy atom. The van der Waals surface area contributed by atoms with Crippen LogP contribution in [0, 0.1) is 13.8 Å². The zero-order chi connectivity index (χ0) is 19.8. The molecule has 0 fully saturated rings. The first kappa shape index (κ1) is 18.1. The molecule has 0 spiro atoms. The molecule has 0 saturated carbocycles. The molecular formula is C22H22N2O4. The van der Waals surface area contributed by atoms with Crippen LogP contribution in [-0.4, -0.2) is 22.0 Å². The Hall–Kier alpha value is -3.28. The van der Waals surface area contributed by atoms with Gasteiger partial charge in [0, 0.05) is 28.4 Å². The van der Waals surface area contributed by atoms with E-state index in [9.17, 15) is 9.59 Å². The number of aliphatic carboxylic acids is 1. The lowest BCUT2D eigenvalue weighted by atomic mass is 10.0. The van der Waals surface area contributed by atoms with Gasteiger partial charge in [-0.25, -0.2) is 0 Å². The molecule has 1 aliphatic carbocycles. The standard InChI is InChI=1S/C22H22N2O4/c1-12-8-19(24-20(25)10-21(26)27)15-4-3-5-16(15)22(12)28-14-6-7-18-17(9-14)13(2)11-23-18/h6-9,11,23H,3-5,10H2,1-2H3,(H,24,25)(H,26,27). The number of anilines is 1. The SMILES string of the molecule is Cc1cc(NC(=O)CC(=O)O)c2c(c1Oc1ccc3[nH]cc(C)c3c1)CCC2. The molecule has 1 aromatic heterocycles. The second kappa shape index (κ2) is 7.03. The fraction of sp³-hybridized carbons (Fsp3) is 0.273. The number of fused-ring (bicyclic) bond motifs is 2. The summed E-state index contributed by atoms with van der Waals surface area (Å²) in [6.45, 7) is 4.00. The van der Waals surface area contributed by atoms with Crippen molar-refractivity contribution >= 4 is 28.5 Å². The van der Waals surface area contributed by atoms with Crippen molar-refractivity contribution in [3.8, 4) is 11.5 Å². The predicted molar refractivity (Wildman–Crippen MR) is 107 cm³/mol. The number of aromatic amines is 1. The van der Waals surface area contributed by atoms with Gasteiger partial charge in [-0.2, -0.15) is 0 Å². The summed E-state index contributed by atoms with van der Waals surface area (Å²) in [6.07, 6.45) is 4.13. The topological polar surface area (TPSA) is 91.4 Å². The summed E-state index contributed by atoms with van der Waals surface area (Å²) < 4.78 is 6.29. The highest BCUT2D eigenvalue weighted by Gasteiger charge is 2.23. The highest BCUT2D eigenvalue weighted by atomic mass is 16.5. The number of hydrogen-bond acceptors (Lipinski definition) is 3. The van der Waals surface area contributed by atoms with E-state index in [2.05, 4.69) is 17.2 Å². The molecule has 0 saturated heterocycles. The molecule has 144 valence electrons. The second-order valence-corrected chi connectivity index (χ2v) is 7.28. The lowest BCUT2D eigenvalue weighted by molar-refractivity contribution is -0.139. The summed E-state index contributed by atoms with van der Waals surface area (Å²) in [4.78, 5) is 25.9. The number of carboxylic acid groups (broad SMARTS) is 1. The molecule has 28 heavy (non-hydrogen) atoms. The number of benzene rings is 2. The van der Waals surface area contributed by atoms with E-state index in [0.717, 1.165) is 58.4 Å². The third kappa shape index (κ3) is 3.33. The van der Waals surface area contributed by atoms with Crippen LogP contribution in [0.3, 0.4) is 0 Å². The van der Waals surface area contributed by atoms with Crippen LogP contribution in [0.5, 0.6) is 11.5 Å². The normalized spacial score (nSPS) is 12.8. The maximum absolute atomic E-state index is 11.9. The minimum Gasteiger partial charge on any atom is -0.481 e. The number of aryl methyl sites for hydroxylation is 2. The molecular weight excluding hydrogens is 356 g/mol. The van der Waals surface area contributed by atoms with E-state index >= 15 is 0 Å². The first-order valence-corrected chi connectivity index (χ1v) is 9.35. The van der Waals surface area contributed by atoms with Crippen LogP contribution in [0.25, 0.3) is 10.9 Å². The van der Waals surface area contributed by atoms with Crippen LogP contribution in [0.15, 0.2) is 30.5 Å². The van der Waals surface area contributed by atoms with E-state index in [1.807, 2.05) is 37.4 Å². The van der Waals surface area contributed by atoms with E-state index in [1.54, 1.807) is 0 Å². The van der Waals surface area contributed by atoms with Gasteiger partial charge < -0.3 is 20.1 Å². The molecule has 2 aromatic carbocycles. The van der Waals surface area contributed by atoms with E-state index in [1.165, 1.54) is 5.56 Å². The van der Waals surface area contributed by atoms with E-state index < -0.39 is 18.3 Å². The molecule has 3 aromatic rings. The van der Waals surface area contributed by atoms with Crippen LogP contribution in [0.2, 0.25) is 0 Å². The fourth-order valence-electron chi connectivity index (χ4n) is 3.90. The molecule has 0 atom stereocenters. The van der Waals surface area contributed by atoms with Crippen LogP contribution in [0.4, 0.5) is 5.69 Å². The number of hydrogen-bond donors (Lipinski definition) is 3. The monoisotopic (exact) mass is 378 g/mol. The van der Waals surface area contributed by atoms with Gasteiger partial charge in [0.2, 0.25) is 5.91 Å². The van der Waals surface area contributed by atoms with Gasteiger partial charge in [0.15, 0.2) is 0 Å². The number of rotatable bonds is 5. The Morgan fingerprint density at radius 3 is 2.71 bits per heavy atom. The zero-order valence-electron chi connectivity index (χ0n) is 15.9. The van der Waals surface area contributed by atoms with Crippen molar-refractivity contribution in [1.29, 1.82) is 0 Å². The molecule has 1 amide bonds. The first-order valence-electron chi connectivity index (χ1n) is 9.35. The summed E-state index contributed by atoms with van der Waals surface area (Å²) in [5, 5.41) is 12.7. The number of carboxylic acids is 1. The van der Waals surface area contributed by atoms with Crippen molar-refractivity contribution < 1.29 is 19.4 Å². The number of H-pyrrole nitrogens is 1. The molecule has 0 unspecified atom stereocenters. The van der Waals surface area contributed by atoms with Crippen LogP contribution >= 0.6 is 0 Å². The average molecular weight is 378 g/mol. The van der Waals surface area contributed by atoms with Gasteiger partial charge in [-0.1, -0.05) is 0 Å².